The van der Waals surface area contributed by atoms with E-state index in [9.17, 15) is 4.79 Å². The summed E-state index contributed by atoms with van der Waals surface area (Å²) in [5.74, 6) is 0.159. The fourth-order valence-corrected chi connectivity index (χ4v) is 2.10. The van der Waals surface area contributed by atoms with Crippen LogP contribution in [0.4, 0.5) is 0 Å². The molecule has 1 aromatic carbocycles. The van der Waals surface area contributed by atoms with E-state index in [0.717, 1.165) is 30.8 Å². The molecule has 1 fully saturated rings. The predicted octanol–water partition coefficient (Wildman–Crippen LogP) is 1.43. The molecule has 1 aliphatic heterocycles. The summed E-state index contributed by atoms with van der Waals surface area (Å²) in [6, 6.07) is 8.17. The lowest BCUT2D eigenvalue weighted by atomic mass is 10.1. The van der Waals surface area contributed by atoms with E-state index in [1.54, 1.807) is 0 Å². The van der Waals surface area contributed by atoms with E-state index in [4.69, 9.17) is 0 Å². The second-order valence-corrected chi connectivity index (χ2v) is 4.42. The maximum absolute atomic E-state index is 12.3. The lowest BCUT2D eigenvalue weighted by Crippen LogP contribution is -2.51. The summed E-state index contributed by atoms with van der Waals surface area (Å²) in [5, 5.41) is 3.34. The predicted molar refractivity (Wildman–Crippen MR) is 64.5 cm³/mol. The number of nitrogens with zero attached hydrogens (tertiary/aromatic N) is 1. The first kappa shape index (κ1) is 11.1. The Morgan fingerprint density at radius 2 is 2.19 bits per heavy atom. The fourth-order valence-electron chi connectivity index (χ4n) is 2.10. The number of hydrogen-bond acceptors (Lipinski definition) is 2. The summed E-state index contributed by atoms with van der Waals surface area (Å²) < 4.78 is 0. The Morgan fingerprint density at radius 3 is 2.88 bits per heavy atom. The molecule has 1 aromatic rings. The van der Waals surface area contributed by atoms with Gasteiger partial charge in [-0.05, 0) is 25.5 Å². The molecule has 0 aromatic heterocycles. The maximum atomic E-state index is 12.3. The van der Waals surface area contributed by atoms with Crippen molar-refractivity contribution in [2.24, 2.45) is 0 Å². The number of benzene rings is 1. The van der Waals surface area contributed by atoms with E-state index in [1.807, 2.05) is 36.1 Å². The molecule has 0 spiro atoms. The van der Waals surface area contributed by atoms with Crippen LogP contribution in [0.5, 0.6) is 0 Å². The molecule has 0 unspecified atom stereocenters. The molecule has 1 saturated heterocycles. The number of hydrogen-bond donors (Lipinski definition) is 1. The highest BCUT2D eigenvalue weighted by Gasteiger charge is 2.22. The van der Waals surface area contributed by atoms with E-state index in [2.05, 4.69) is 12.2 Å². The van der Waals surface area contributed by atoms with Crippen molar-refractivity contribution < 1.29 is 4.79 Å². The van der Waals surface area contributed by atoms with Gasteiger partial charge >= 0.3 is 0 Å². The highest BCUT2D eigenvalue weighted by molar-refractivity contribution is 5.95. The summed E-state index contributed by atoms with van der Waals surface area (Å²) in [4.78, 5) is 14.2. The quantitative estimate of drug-likeness (QED) is 0.773. The second kappa shape index (κ2) is 4.66. The van der Waals surface area contributed by atoms with E-state index in [1.165, 1.54) is 0 Å². The molecule has 16 heavy (non-hydrogen) atoms. The van der Waals surface area contributed by atoms with Crippen LogP contribution in [0.15, 0.2) is 24.3 Å². The van der Waals surface area contributed by atoms with Gasteiger partial charge < -0.3 is 10.2 Å². The third-order valence-corrected chi connectivity index (χ3v) is 3.03. The Labute approximate surface area is 96.5 Å². The number of nitrogens with one attached hydrogen (secondary N) is 1. The minimum absolute atomic E-state index is 0.159. The molecule has 2 rings (SSSR count). The van der Waals surface area contributed by atoms with Crippen LogP contribution >= 0.6 is 0 Å². The molecule has 1 N–H and O–H groups in total. The molecule has 3 heteroatoms. The lowest BCUT2D eigenvalue weighted by Gasteiger charge is -2.32. The van der Waals surface area contributed by atoms with Crippen molar-refractivity contribution in [2.75, 3.05) is 19.6 Å². The third kappa shape index (κ3) is 2.25. The van der Waals surface area contributed by atoms with E-state index < -0.39 is 0 Å². The topological polar surface area (TPSA) is 32.3 Å². The SMILES string of the molecule is Cc1ccccc1C(=O)N1CCN[C@@H](C)C1. The Balaban J connectivity index is 2.16. The minimum atomic E-state index is 0.159. The van der Waals surface area contributed by atoms with Gasteiger partial charge in [0.25, 0.3) is 5.91 Å². The molecular weight excluding hydrogens is 200 g/mol. The van der Waals surface area contributed by atoms with Gasteiger partial charge in [0.1, 0.15) is 0 Å². The first-order valence-corrected chi connectivity index (χ1v) is 5.77. The van der Waals surface area contributed by atoms with E-state index >= 15 is 0 Å². The summed E-state index contributed by atoms with van der Waals surface area (Å²) in [6.07, 6.45) is 0. The van der Waals surface area contributed by atoms with Gasteiger partial charge in [-0.1, -0.05) is 18.2 Å². The lowest BCUT2D eigenvalue weighted by molar-refractivity contribution is 0.0708. The zero-order chi connectivity index (χ0) is 11.5. The molecule has 0 radical (unpaired) electrons. The smallest absolute Gasteiger partial charge is 0.254 e. The van der Waals surface area contributed by atoms with Crippen LogP contribution in [0.3, 0.4) is 0 Å². The number of rotatable bonds is 1. The first-order valence-electron chi connectivity index (χ1n) is 5.77. The van der Waals surface area contributed by atoms with Gasteiger partial charge in [-0.25, -0.2) is 0 Å². The van der Waals surface area contributed by atoms with Crippen molar-refractivity contribution >= 4 is 5.91 Å². The van der Waals surface area contributed by atoms with Gasteiger partial charge in [0.15, 0.2) is 0 Å². The van der Waals surface area contributed by atoms with Gasteiger partial charge in [-0.2, -0.15) is 0 Å². The van der Waals surface area contributed by atoms with Crippen LogP contribution in [0.25, 0.3) is 0 Å². The number of aryl methyl sites for hydroxylation is 1. The maximum Gasteiger partial charge on any atom is 0.254 e. The Hall–Kier alpha value is -1.35. The van der Waals surface area contributed by atoms with Crippen molar-refractivity contribution in [1.29, 1.82) is 0 Å². The van der Waals surface area contributed by atoms with Crippen molar-refractivity contribution in [3.63, 3.8) is 0 Å². The minimum Gasteiger partial charge on any atom is -0.336 e. The Morgan fingerprint density at radius 1 is 1.44 bits per heavy atom. The molecule has 1 heterocycles. The largest absolute Gasteiger partial charge is 0.336 e. The monoisotopic (exact) mass is 218 g/mol. The highest BCUT2D eigenvalue weighted by atomic mass is 16.2. The van der Waals surface area contributed by atoms with E-state index in [0.29, 0.717) is 6.04 Å². The zero-order valence-corrected chi connectivity index (χ0v) is 9.86. The fraction of sp³-hybridized carbons (Fsp3) is 0.462. The van der Waals surface area contributed by atoms with E-state index in [-0.39, 0.29) is 5.91 Å². The summed E-state index contributed by atoms with van der Waals surface area (Å²) in [7, 11) is 0. The second-order valence-electron chi connectivity index (χ2n) is 4.42. The number of carbonyl (C=O) groups excluding carboxylic acids is 1. The normalized spacial score (nSPS) is 20.9. The summed E-state index contributed by atoms with van der Waals surface area (Å²) >= 11 is 0. The highest BCUT2D eigenvalue weighted by Crippen LogP contribution is 2.12. The number of carbonyl (C=O) groups is 1. The first-order chi connectivity index (χ1) is 7.68. The Kier molecular flexibility index (Phi) is 3.25. The standard InChI is InChI=1S/C13H18N2O/c1-10-5-3-4-6-12(10)13(16)15-8-7-14-11(2)9-15/h3-6,11,14H,7-9H2,1-2H3/t11-/m0/s1. The van der Waals surface area contributed by atoms with Crippen LogP contribution in [0.1, 0.15) is 22.8 Å². The summed E-state index contributed by atoms with van der Waals surface area (Å²) in [5.41, 5.74) is 1.88. The molecule has 1 amide bonds. The molecular formula is C13H18N2O. The average molecular weight is 218 g/mol. The van der Waals surface area contributed by atoms with Gasteiger partial charge in [0.2, 0.25) is 0 Å². The van der Waals surface area contributed by atoms with Crippen molar-refractivity contribution in [1.82, 2.24) is 10.2 Å². The van der Waals surface area contributed by atoms with Gasteiger partial charge in [0, 0.05) is 31.2 Å². The Bertz CT molecular complexity index is 389. The van der Waals surface area contributed by atoms with Gasteiger partial charge in [-0.15, -0.1) is 0 Å². The molecule has 3 nitrogen and oxygen atoms in total. The number of amides is 1. The van der Waals surface area contributed by atoms with Crippen LogP contribution in [-0.2, 0) is 0 Å². The molecule has 0 aliphatic carbocycles. The van der Waals surface area contributed by atoms with Crippen molar-refractivity contribution in [3.8, 4) is 0 Å². The molecule has 1 aliphatic rings. The van der Waals surface area contributed by atoms with Crippen molar-refractivity contribution in [3.05, 3.63) is 35.4 Å². The average Bonchev–Trinajstić information content (AvgIpc) is 2.29. The molecule has 0 saturated carbocycles. The van der Waals surface area contributed by atoms with Gasteiger partial charge in [-0.3, -0.25) is 4.79 Å². The van der Waals surface area contributed by atoms with Gasteiger partial charge in [0.05, 0.1) is 0 Å². The van der Waals surface area contributed by atoms with Crippen molar-refractivity contribution in [2.45, 2.75) is 19.9 Å². The van der Waals surface area contributed by atoms with Crippen LogP contribution in [0.2, 0.25) is 0 Å². The molecule has 0 bridgehead atoms. The zero-order valence-electron chi connectivity index (χ0n) is 9.86. The van der Waals surface area contributed by atoms with Crippen LogP contribution in [-0.4, -0.2) is 36.5 Å². The number of piperazine rings is 1. The summed E-state index contributed by atoms with van der Waals surface area (Å²) in [6.45, 7) is 6.58. The molecule has 86 valence electrons. The van der Waals surface area contributed by atoms with Crippen LogP contribution < -0.4 is 5.32 Å². The molecule has 1 atom stereocenters. The van der Waals surface area contributed by atoms with Crippen LogP contribution in [0, 0.1) is 6.92 Å². The third-order valence-electron chi connectivity index (χ3n) is 3.03.